The number of nitrogens with zero attached hydrogens (tertiary/aromatic N) is 1. The van der Waals surface area contributed by atoms with Gasteiger partial charge in [0.1, 0.15) is 5.75 Å². The molecule has 0 bridgehead atoms. The van der Waals surface area contributed by atoms with Crippen molar-refractivity contribution in [3.63, 3.8) is 0 Å². The molecule has 0 aromatic heterocycles. The molecule has 2 heterocycles. The van der Waals surface area contributed by atoms with E-state index in [0.29, 0.717) is 24.5 Å². The topological polar surface area (TPSA) is 73.8 Å². The van der Waals surface area contributed by atoms with Gasteiger partial charge in [-0.2, -0.15) is 13.2 Å². The summed E-state index contributed by atoms with van der Waals surface area (Å²) in [6, 6.07) is 11.0. The van der Waals surface area contributed by atoms with E-state index >= 15 is 0 Å². The highest BCUT2D eigenvalue weighted by molar-refractivity contribution is 5.98. The third-order valence-electron chi connectivity index (χ3n) is 5.78. The van der Waals surface area contributed by atoms with Gasteiger partial charge >= 0.3 is 6.18 Å². The smallest absolute Gasteiger partial charge is 0.391 e. The summed E-state index contributed by atoms with van der Waals surface area (Å²) < 4.78 is 44.2. The van der Waals surface area contributed by atoms with Crippen molar-refractivity contribution in [2.45, 2.75) is 32.0 Å². The summed E-state index contributed by atoms with van der Waals surface area (Å²) in [6.07, 6.45) is -4.83. The van der Waals surface area contributed by atoms with Gasteiger partial charge in [0.05, 0.1) is 18.2 Å². The van der Waals surface area contributed by atoms with Crippen molar-refractivity contribution in [1.82, 2.24) is 0 Å². The van der Waals surface area contributed by atoms with E-state index in [0.717, 1.165) is 22.6 Å². The maximum atomic E-state index is 12.9. The number of ether oxygens (including phenoxy) is 1. The van der Waals surface area contributed by atoms with E-state index in [9.17, 15) is 23.1 Å². The Morgan fingerprint density at radius 1 is 1.19 bits per heavy atom. The molecule has 1 unspecified atom stereocenters. The quantitative estimate of drug-likeness (QED) is 0.671. The second-order valence-electron chi connectivity index (χ2n) is 7.92. The second kappa shape index (κ2) is 8.30. The lowest BCUT2D eigenvalue weighted by Crippen LogP contribution is -2.39. The number of rotatable bonds is 4. The molecule has 0 saturated carbocycles. The molecular weight excluding hydrogens is 411 g/mol. The highest BCUT2D eigenvalue weighted by Gasteiger charge is 2.41. The van der Waals surface area contributed by atoms with E-state index in [4.69, 9.17) is 4.74 Å². The van der Waals surface area contributed by atoms with Gasteiger partial charge in [-0.25, -0.2) is 0 Å². The number of alkyl halides is 3. The monoisotopic (exact) mass is 435 g/mol. The van der Waals surface area contributed by atoms with Crippen LogP contribution in [0.5, 0.6) is 5.75 Å². The van der Waals surface area contributed by atoms with Gasteiger partial charge in [-0.3, -0.25) is 4.79 Å². The average molecular weight is 435 g/mol. The number of hydrogen-bond acceptors (Lipinski definition) is 5. The molecule has 1 fully saturated rings. The predicted octanol–water partition coefficient (Wildman–Crippen LogP) is 4.21. The van der Waals surface area contributed by atoms with Crippen LogP contribution in [0.25, 0.3) is 0 Å². The first-order chi connectivity index (χ1) is 14.7. The zero-order valence-corrected chi connectivity index (χ0v) is 17.0. The van der Waals surface area contributed by atoms with Gasteiger partial charge in [0, 0.05) is 36.2 Å². The molecule has 2 aromatic rings. The Hall–Kier alpha value is -2.94. The molecule has 3 N–H and O–H groups in total. The van der Waals surface area contributed by atoms with E-state index < -0.39 is 24.8 Å². The van der Waals surface area contributed by atoms with Gasteiger partial charge in [0.2, 0.25) is 0 Å². The fourth-order valence-corrected chi connectivity index (χ4v) is 3.95. The van der Waals surface area contributed by atoms with Gasteiger partial charge in [0.15, 0.2) is 6.10 Å². The maximum absolute atomic E-state index is 12.9. The average Bonchev–Trinajstić information content (AvgIpc) is 2.74. The van der Waals surface area contributed by atoms with Crippen molar-refractivity contribution in [2.24, 2.45) is 5.92 Å². The molecule has 0 spiro atoms. The zero-order valence-electron chi connectivity index (χ0n) is 17.0. The Morgan fingerprint density at radius 3 is 2.58 bits per heavy atom. The molecule has 1 saturated heterocycles. The number of piperidine rings is 1. The molecule has 2 aliphatic rings. The molecule has 6 nitrogen and oxygen atoms in total. The Balaban J connectivity index is 1.44. The minimum atomic E-state index is -4.12. The number of anilines is 4. The van der Waals surface area contributed by atoms with Crippen LogP contribution in [0, 0.1) is 12.8 Å². The first kappa shape index (κ1) is 21.3. The van der Waals surface area contributed by atoms with Crippen LogP contribution in [0.3, 0.4) is 0 Å². The summed E-state index contributed by atoms with van der Waals surface area (Å²) in [4.78, 5) is 13.8. The molecular formula is C22H24F3N3O3. The molecule has 1 atom stereocenters. The fourth-order valence-electron chi connectivity index (χ4n) is 3.95. The van der Waals surface area contributed by atoms with Crippen LogP contribution in [0.4, 0.5) is 35.9 Å². The molecule has 0 radical (unpaired) electrons. The number of nitrogens with one attached hydrogen (secondary N) is 2. The SMILES string of the molecule is Cc1cc(N2CCC(C(F)(F)F)CC2)ccc1Nc1ccc2c(c1)OC(CO)C(=O)N2. The standard InChI is InChI=1S/C22H24F3N3O3/c1-13-10-16(28-8-6-14(7-9-28)22(23,24)25)3-5-17(13)26-15-2-4-18-19(11-15)31-20(12-29)21(30)27-18/h2-5,10-11,14,20,26,29H,6-9,12H2,1H3,(H,27,30). The van der Waals surface area contributed by atoms with Crippen LogP contribution in [0.15, 0.2) is 36.4 Å². The lowest BCUT2D eigenvalue weighted by Gasteiger charge is -2.34. The van der Waals surface area contributed by atoms with Gasteiger partial charge in [-0.1, -0.05) is 0 Å². The number of amides is 1. The van der Waals surface area contributed by atoms with E-state index in [1.54, 1.807) is 18.2 Å². The van der Waals surface area contributed by atoms with Crippen LogP contribution in [-0.4, -0.2) is 43.0 Å². The zero-order chi connectivity index (χ0) is 22.2. The van der Waals surface area contributed by atoms with Gasteiger partial charge in [0.25, 0.3) is 5.91 Å². The molecule has 31 heavy (non-hydrogen) atoms. The molecule has 2 aliphatic heterocycles. The minimum Gasteiger partial charge on any atom is -0.476 e. The molecule has 0 aliphatic carbocycles. The minimum absolute atomic E-state index is 0.114. The number of aryl methyl sites for hydroxylation is 1. The van der Waals surface area contributed by atoms with Crippen LogP contribution >= 0.6 is 0 Å². The Bertz CT molecular complexity index is 972. The molecule has 1 amide bonds. The molecule has 166 valence electrons. The third kappa shape index (κ3) is 4.56. The van der Waals surface area contributed by atoms with Crippen molar-refractivity contribution in [1.29, 1.82) is 0 Å². The number of carbonyl (C=O) groups is 1. The van der Waals surface area contributed by atoms with E-state index in [1.165, 1.54) is 0 Å². The van der Waals surface area contributed by atoms with E-state index in [1.807, 2.05) is 30.0 Å². The molecule has 4 rings (SSSR count). The van der Waals surface area contributed by atoms with Crippen molar-refractivity contribution in [3.05, 3.63) is 42.0 Å². The Labute approximate surface area is 178 Å². The predicted molar refractivity (Wildman–Crippen MR) is 112 cm³/mol. The number of carbonyl (C=O) groups excluding carboxylic acids is 1. The summed E-state index contributed by atoms with van der Waals surface area (Å²) in [5.41, 5.74) is 4.00. The van der Waals surface area contributed by atoms with Gasteiger partial charge < -0.3 is 25.4 Å². The Morgan fingerprint density at radius 2 is 1.94 bits per heavy atom. The number of hydrogen-bond donors (Lipinski definition) is 3. The van der Waals surface area contributed by atoms with E-state index in [2.05, 4.69) is 10.6 Å². The third-order valence-corrected chi connectivity index (χ3v) is 5.78. The number of halogens is 3. The summed E-state index contributed by atoms with van der Waals surface area (Å²) in [5.74, 6) is -1.14. The molecule has 2 aromatic carbocycles. The van der Waals surface area contributed by atoms with Crippen LogP contribution in [-0.2, 0) is 4.79 Å². The largest absolute Gasteiger partial charge is 0.476 e. The van der Waals surface area contributed by atoms with Crippen LogP contribution < -0.4 is 20.3 Å². The number of aliphatic hydroxyl groups excluding tert-OH is 1. The number of benzene rings is 2. The molecule has 9 heteroatoms. The van der Waals surface area contributed by atoms with Crippen molar-refractivity contribution in [2.75, 3.05) is 35.2 Å². The summed E-state index contributed by atoms with van der Waals surface area (Å²) in [7, 11) is 0. The second-order valence-corrected chi connectivity index (χ2v) is 7.92. The highest BCUT2D eigenvalue weighted by atomic mass is 19.4. The van der Waals surface area contributed by atoms with Gasteiger partial charge in [-0.05, 0) is 55.7 Å². The van der Waals surface area contributed by atoms with Crippen molar-refractivity contribution < 1.29 is 27.8 Å². The summed E-state index contributed by atoms with van der Waals surface area (Å²) in [5, 5.41) is 15.2. The first-order valence-corrected chi connectivity index (χ1v) is 10.2. The summed E-state index contributed by atoms with van der Waals surface area (Å²) >= 11 is 0. The fraction of sp³-hybridized carbons (Fsp3) is 0.409. The van der Waals surface area contributed by atoms with E-state index in [-0.39, 0.29) is 18.7 Å². The lowest BCUT2D eigenvalue weighted by atomic mass is 9.96. The summed E-state index contributed by atoms with van der Waals surface area (Å²) in [6.45, 7) is 2.29. The normalized spacial score (nSPS) is 19.5. The maximum Gasteiger partial charge on any atom is 0.391 e. The van der Waals surface area contributed by atoms with Crippen molar-refractivity contribution in [3.8, 4) is 5.75 Å². The van der Waals surface area contributed by atoms with Crippen molar-refractivity contribution >= 4 is 28.7 Å². The Kier molecular flexibility index (Phi) is 5.70. The highest BCUT2D eigenvalue weighted by Crippen LogP contribution is 2.37. The first-order valence-electron chi connectivity index (χ1n) is 10.2. The van der Waals surface area contributed by atoms with Crippen LogP contribution in [0.1, 0.15) is 18.4 Å². The number of fused-ring (bicyclic) bond motifs is 1. The van der Waals surface area contributed by atoms with Gasteiger partial charge in [-0.15, -0.1) is 0 Å². The lowest BCUT2D eigenvalue weighted by molar-refractivity contribution is -0.179. The number of aliphatic hydroxyl groups is 1. The van der Waals surface area contributed by atoms with Crippen LogP contribution in [0.2, 0.25) is 0 Å².